The van der Waals surface area contributed by atoms with E-state index in [4.69, 9.17) is 4.99 Å². The van der Waals surface area contributed by atoms with Gasteiger partial charge < -0.3 is 0 Å². The van der Waals surface area contributed by atoms with E-state index in [1.165, 1.54) is 16.7 Å². The zero-order valence-corrected chi connectivity index (χ0v) is 17.0. The molecule has 2 atom stereocenters. The molecule has 0 spiro atoms. The van der Waals surface area contributed by atoms with Gasteiger partial charge in [-0.2, -0.15) is 0 Å². The van der Waals surface area contributed by atoms with Gasteiger partial charge in [-0.3, -0.25) is 15.2 Å². The van der Waals surface area contributed by atoms with Gasteiger partial charge in [-0.1, -0.05) is 43.7 Å². The van der Waals surface area contributed by atoms with Crippen molar-refractivity contribution in [1.29, 1.82) is 0 Å². The first-order chi connectivity index (χ1) is 13.0. The average Bonchev–Trinajstić information content (AvgIpc) is 3.29. The van der Waals surface area contributed by atoms with Gasteiger partial charge in [0.25, 0.3) is 0 Å². The van der Waals surface area contributed by atoms with Gasteiger partial charge in [0.2, 0.25) is 5.91 Å². The number of carbonyl (C=O) groups is 1. The number of rotatable bonds is 2. The summed E-state index contributed by atoms with van der Waals surface area (Å²) in [5, 5.41) is 4.12. The fraction of sp³-hybridized carbons (Fsp3) is 0.364. The topological polar surface area (TPSA) is 44.7 Å². The third-order valence-electron chi connectivity index (χ3n) is 5.38. The molecule has 1 aromatic carbocycles. The van der Waals surface area contributed by atoms with E-state index in [1.807, 2.05) is 25.1 Å². The quantitative estimate of drug-likeness (QED) is 0.812. The van der Waals surface area contributed by atoms with E-state index in [-0.39, 0.29) is 23.2 Å². The Bertz CT molecular complexity index is 893. The summed E-state index contributed by atoms with van der Waals surface area (Å²) in [4.78, 5) is 17.6. The summed E-state index contributed by atoms with van der Waals surface area (Å²) in [6.45, 7) is 8.13. The van der Waals surface area contributed by atoms with Crippen LogP contribution in [0.15, 0.2) is 63.2 Å². The number of fused-ring (bicyclic) bond motifs is 1. The second kappa shape index (κ2) is 7.04. The van der Waals surface area contributed by atoms with E-state index < -0.39 is 0 Å². The lowest BCUT2D eigenvalue weighted by Gasteiger charge is -2.26. The molecule has 1 fully saturated rings. The number of nitrogens with one attached hydrogen (secondary N) is 1. The van der Waals surface area contributed by atoms with Gasteiger partial charge >= 0.3 is 0 Å². The number of hydrogen-bond donors (Lipinski definition) is 1. The monoisotopic (exact) mass is 379 g/mol. The lowest BCUT2D eigenvalue weighted by molar-refractivity contribution is -0.138. The fourth-order valence-electron chi connectivity index (χ4n) is 3.73. The van der Waals surface area contributed by atoms with E-state index >= 15 is 0 Å². The Labute approximate surface area is 165 Å². The second-order valence-corrected chi connectivity index (χ2v) is 8.64. The van der Waals surface area contributed by atoms with Crippen molar-refractivity contribution in [2.24, 2.45) is 10.9 Å². The molecule has 5 heteroatoms. The number of benzene rings is 1. The first kappa shape index (κ1) is 18.1. The minimum atomic E-state index is -0.0622. The van der Waals surface area contributed by atoms with Crippen LogP contribution in [0.2, 0.25) is 0 Å². The van der Waals surface area contributed by atoms with Gasteiger partial charge in [0, 0.05) is 29.8 Å². The van der Waals surface area contributed by atoms with Crippen molar-refractivity contribution in [3.05, 3.63) is 69.3 Å². The highest BCUT2D eigenvalue weighted by atomic mass is 32.2. The smallest absolute Gasteiger partial charge is 0.244 e. The van der Waals surface area contributed by atoms with Gasteiger partial charge in [-0.05, 0) is 42.0 Å². The molecule has 3 aliphatic heterocycles. The molecule has 0 aromatic heterocycles. The Morgan fingerprint density at radius 2 is 2.00 bits per heavy atom. The Morgan fingerprint density at radius 3 is 2.70 bits per heavy atom. The molecular formula is C22H25N3OS. The molecule has 140 valence electrons. The average molecular weight is 380 g/mol. The Balaban J connectivity index is 1.73. The van der Waals surface area contributed by atoms with Crippen LogP contribution in [0.25, 0.3) is 0 Å². The number of nitrogens with zero attached hydrogens (tertiary/aromatic N) is 2. The van der Waals surface area contributed by atoms with E-state index in [0.29, 0.717) is 0 Å². The SMILES string of the molecule is CC1=C2C=CSC2N=CC1=C1CC(c2ccc(C)cc2)N(C(=O)C(C)C)N1. The predicted molar refractivity (Wildman–Crippen MR) is 112 cm³/mol. The number of amides is 1. The first-order valence-corrected chi connectivity index (χ1v) is 10.4. The molecule has 2 unspecified atom stereocenters. The molecule has 1 amide bonds. The highest BCUT2D eigenvalue weighted by Crippen LogP contribution is 2.40. The largest absolute Gasteiger partial charge is 0.299 e. The molecule has 4 rings (SSSR count). The Kier molecular flexibility index (Phi) is 4.72. The summed E-state index contributed by atoms with van der Waals surface area (Å²) < 4.78 is 0. The molecule has 3 heterocycles. The minimum absolute atomic E-state index is 0.000388. The zero-order chi connectivity index (χ0) is 19.1. The van der Waals surface area contributed by atoms with Gasteiger partial charge in [-0.15, -0.1) is 11.8 Å². The number of carbonyl (C=O) groups excluding carboxylic acids is 1. The Morgan fingerprint density at radius 1 is 1.26 bits per heavy atom. The highest BCUT2D eigenvalue weighted by molar-refractivity contribution is 8.03. The molecule has 0 radical (unpaired) electrons. The van der Waals surface area contributed by atoms with Crippen LogP contribution in [-0.4, -0.2) is 22.5 Å². The van der Waals surface area contributed by atoms with Crippen LogP contribution >= 0.6 is 11.8 Å². The van der Waals surface area contributed by atoms with Gasteiger partial charge in [-0.25, -0.2) is 5.01 Å². The van der Waals surface area contributed by atoms with Gasteiger partial charge in [0.15, 0.2) is 0 Å². The van der Waals surface area contributed by atoms with Crippen LogP contribution in [0.1, 0.15) is 44.4 Å². The summed E-state index contributed by atoms with van der Waals surface area (Å²) in [6, 6.07) is 8.48. The summed E-state index contributed by atoms with van der Waals surface area (Å²) in [5.41, 5.74) is 10.5. The molecule has 1 aromatic rings. The summed E-state index contributed by atoms with van der Waals surface area (Å²) in [6.07, 6.45) is 4.90. The summed E-state index contributed by atoms with van der Waals surface area (Å²) >= 11 is 1.74. The van der Waals surface area contributed by atoms with Gasteiger partial charge in [0.1, 0.15) is 5.37 Å². The number of aryl methyl sites for hydroxylation is 1. The summed E-state index contributed by atoms with van der Waals surface area (Å²) in [7, 11) is 0. The third kappa shape index (κ3) is 3.25. The maximum atomic E-state index is 12.9. The predicted octanol–water partition coefficient (Wildman–Crippen LogP) is 4.67. The minimum Gasteiger partial charge on any atom is -0.299 e. The van der Waals surface area contributed by atoms with Crippen LogP contribution in [0.5, 0.6) is 0 Å². The molecule has 27 heavy (non-hydrogen) atoms. The van der Waals surface area contributed by atoms with Crippen molar-refractivity contribution in [3.8, 4) is 0 Å². The zero-order valence-electron chi connectivity index (χ0n) is 16.2. The lowest BCUT2D eigenvalue weighted by atomic mass is 9.94. The van der Waals surface area contributed by atoms with Crippen LogP contribution in [0, 0.1) is 12.8 Å². The van der Waals surface area contributed by atoms with E-state index in [0.717, 1.165) is 23.3 Å². The Hall–Kier alpha value is -2.27. The van der Waals surface area contributed by atoms with E-state index in [9.17, 15) is 4.79 Å². The van der Waals surface area contributed by atoms with E-state index in [1.54, 1.807) is 11.8 Å². The summed E-state index contributed by atoms with van der Waals surface area (Å²) in [5.74, 6) is 0.0521. The van der Waals surface area contributed by atoms with Crippen molar-refractivity contribution >= 4 is 23.9 Å². The van der Waals surface area contributed by atoms with Crippen LogP contribution < -0.4 is 5.43 Å². The van der Waals surface area contributed by atoms with Crippen molar-refractivity contribution in [3.63, 3.8) is 0 Å². The number of hydrazine groups is 1. The molecule has 0 bridgehead atoms. The standard InChI is InChI=1S/C22H25N3OS/c1-13(2)22(26)25-20(16-7-5-14(3)6-8-16)11-19(24-25)18-12-23-21-17(15(18)4)9-10-27-21/h5-10,12-13,20-21,24H,11H2,1-4H3. The number of hydrogen-bond acceptors (Lipinski definition) is 4. The first-order valence-electron chi connectivity index (χ1n) is 9.41. The molecule has 0 saturated carbocycles. The number of dihydropyridines is 1. The van der Waals surface area contributed by atoms with Crippen LogP contribution in [0.4, 0.5) is 0 Å². The van der Waals surface area contributed by atoms with Crippen LogP contribution in [-0.2, 0) is 4.79 Å². The lowest BCUT2D eigenvalue weighted by Crippen LogP contribution is -2.41. The maximum absolute atomic E-state index is 12.9. The van der Waals surface area contributed by atoms with Crippen molar-refractivity contribution in [1.82, 2.24) is 10.4 Å². The second-order valence-electron chi connectivity index (χ2n) is 7.65. The highest BCUT2D eigenvalue weighted by Gasteiger charge is 2.36. The molecule has 0 aliphatic carbocycles. The van der Waals surface area contributed by atoms with Crippen molar-refractivity contribution < 1.29 is 4.79 Å². The molecule has 1 saturated heterocycles. The fourth-order valence-corrected chi connectivity index (χ4v) is 4.64. The van der Waals surface area contributed by atoms with Gasteiger partial charge in [0.05, 0.1) is 6.04 Å². The maximum Gasteiger partial charge on any atom is 0.244 e. The van der Waals surface area contributed by atoms with Crippen LogP contribution in [0.3, 0.4) is 0 Å². The number of thioether (sulfide) groups is 1. The van der Waals surface area contributed by atoms with Crippen molar-refractivity contribution in [2.75, 3.05) is 0 Å². The third-order valence-corrected chi connectivity index (χ3v) is 6.31. The molecule has 1 N–H and O–H groups in total. The number of aliphatic imine (C=N–C) groups is 1. The molecular weight excluding hydrogens is 354 g/mol. The number of allylic oxidation sites excluding steroid dienone is 2. The molecule has 4 nitrogen and oxygen atoms in total. The van der Waals surface area contributed by atoms with Crippen molar-refractivity contribution in [2.45, 2.75) is 45.5 Å². The van der Waals surface area contributed by atoms with E-state index in [2.05, 4.69) is 55.0 Å². The normalized spacial score (nSPS) is 26.8. The molecule has 3 aliphatic rings.